The van der Waals surface area contributed by atoms with E-state index in [2.05, 4.69) is 31.3 Å². The molecule has 0 bridgehead atoms. The van der Waals surface area contributed by atoms with Gasteiger partial charge in [-0.25, -0.2) is 9.50 Å². The fourth-order valence-corrected chi connectivity index (χ4v) is 3.14. The monoisotopic (exact) mass is 366 g/mol. The highest BCUT2D eigenvalue weighted by atomic mass is 16.5. The standard InChI is InChI=1S/C19H22N6O2/c1-14-6-7-20-19-22-17(23-25(14)19)18(26)21-12-15-4-2-3-5-16(15)13-24-8-10-27-11-9-24/h2-7H,8-13H2,1H3,(H,21,26). The van der Waals surface area contributed by atoms with Gasteiger partial charge in [-0.15, -0.1) is 5.10 Å². The molecule has 1 aliphatic rings. The van der Waals surface area contributed by atoms with E-state index in [1.54, 1.807) is 10.7 Å². The number of ether oxygens (including phenoxy) is 1. The van der Waals surface area contributed by atoms with E-state index in [9.17, 15) is 4.79 Å². The number of morpholine rings is 1. The molecule has 1 saturated heterocycles. The van der Waals surface area contributed by atoms with Crippen LogP contribution in [0.5, 0.6) is 0 Å². The zero-order valence-corrected chi connectivity index (χ0v) is 15.3. The number of aryl methyl sites for hydroxylation is 1. The number of carbonyl (C=O) groups is 1. The van der Waals surface area contributed by atoms with Gasteiger partial charge in [0.2, 0.25) is 5.82 Å². The first kappa shape index (κ1) is 17.6. The number of hydrogen-bond donors (Lipinski definition) is 1. The molecule has 4 rings (SSSR count). The van der Waals surface area contributed by atoms with Gasteiger partial charge in [-0.1, -0.05) is 24.3 Å². The molecule has 1 aliphatic heterocycles. The van der Waals surface area contributed by atoms with Gasteiger partial charge in [-0.3, -0.25) is 9.69 Å². The molecule has 0 atom stereocenters. The van der Waals surface area contributed by atoms with Crippen LogP contribution in [-0.2, 0) is 17.8 Å². The average Bonchev–Trinajstić information content (AvgIpc) is 3.14. The lowest BCUT2D eigenvalue weighted by atomic mass is 10.1. The van der Waals surface area contributed by atoms with Gasteiger partial charge in [0.15, 0.2) is 0 Å². The molecule has 1 N–H and O–H groups in total. The molecule has 140 valence electrons. The van der Waals surface area contributed by atoms with Gasteiger partial charge in [-0.2, -0.15) is 4.98 Å². The maximum atomic E-state index is 12.5. The molecule has 3 aromatic rings. The number of hydrogen-bond acceptors (Lipinski definition) is 6. The van der Waals surface area contributed by atoms with Crippen LogP contribution in [0.4, 0.5) is 0 Å². The molecule has 0 unspecified atom stereocenters. The van der Waals surface area contributed by atoms with Crippen molar-refractivity contribution < 1.29 is 9.53 Å². The van der Waals surface area contributed by atoms with Crippen molar-refractivity contribution in [1.29, 1.82) is 0 Å². The van der Waals surface area contributed by atoms with E-state index in [1.165, 1.54) is 5.56 Å². The Kier molecular flexibility index (Phi) is 5.08. The van der Waals surface area contributed by atoms with Gasteiger partial charge in [-0.05, 0) is 24.1 Å². The van der Waals surface area contributed by atoms with Gasteiger partial charge >= 0.3 is 0 Å². The summed E-state index contributed by atoms with van der Waals surface area (Å²) in [7, 11) is 0. The second-order valence-electron chi connectivity index (χ2n) is 6.57. The predicted molar refractivity (Wildman–Crippen MR) is 99.2 cm³/mol. The highest BCUT2D eigenvalue weighted by Crippen LogP contribution is 2.13. The van der Waals surface area contributed by atoms with Crippen LogP contribution in [0, 0.1) is 6.92 Å². The molecule has 1 aromatic carbocycles. The van der Waals surface area contributed by atoms with Crippen molar-refractivity contribution in [2.45, 2.75) is 20.0 Å². The van der Waals surface area contributed by atoms with E-state index in [1.807, 2.05) is 31.2 Å². The van der Waals surface area contributed by atoms with Crippen LogP contribution in [0.1, 0.15) is 27.4 Å². The Balaban J connectivity index is 1.44. The van der Waals surface area contributed by atoms with Crippen molar-refractivity contribution in [3.8, 4) is 0 Å². The highest BCUT2D eigenvalue weighted by molar-refractivity contribution is 5.90. The Morgan fingerprint density at radius 1 is 1.19 bits per heavy atom. The third kappa shape index (κ3) is 3.96. The number of carbonyl (C=O) groups excluding carboxylic acids is 1. The maximum absolute atomic E-state index is 12.5. The minimum absolute atomic E-state index is 0.127. The number of benzene rings is 1. The molecule has 0 aliphatic carbocycles. The minimum atomic E-state index is -0.305. The summed E-state index contributed by atoms with van der Waals surface area (Å²) in [5, 5.41) is 7.17. The van der Waals surface area contributed by atoms with E-state index < -0.39 is 0 Å². The van der Waals surface area contributed by atoms with Crippen LogP contribution in [0.3, 0.4) is 0 Å². The number of rotatable bonds is 5. The van der Waals surface area contributed by atoms with Crippen molar-refractivity contribution in [3.63, 3.8) is 0 Å². The Morgan fingerprint density at radius 2 is 1.96 bits per heavy atom. The van der Waals surface area contributed by atoms with Crippen LogP contribution in [0.15, 0.2) is 36.5 Å². The summed E-state index contributed by atoms with van der Waals surface area (Å²) < 4.78 is 6.98. The van der Waals surface area contributed by atoms with Crippen molar-refractivity contribution in [1.82, 2.24) is 29.8 Å². The van der Waals surface area contributed by atoms with Gasteiger partial charge < -0.3 is 10.1 Å². The SMILES string of the molecule is Cc1ccnc2nc(C(=O)NCc3ccccc3CN3CCOCC3)nn12. The molecule has 2 aromatic heterocycles. The molecule has 8 heteroatoms. The predicted octanol–water partition coefficient (Wildman–Crippen LogP) is 1.19. The molecule has 0 radical (unpaired) electrons. The van der Waals surface area contributed by atoms with E-state index in [0.717, 1.165) is 44.1 Å². The molecule has 0 spiro atoms. The maximum Gasteiger partial charge on any atom is 0.291 e. The van der Waals surface area contributed by atoms with Crippen LogP contribution in [0.2, 0.25) is 0 Å². The van der Waals surface area contributed by atoms with Gasteiger partial charge in [0.1, 0.15) is 0 Å². The van der Waals surface area contributed by atoms with Crippen molar-refractivity contribution >= 4 is 11.7 Å². The zero-order valence-electron chi connectivity index (χ0n) is 15.3. The molecule has 1 amide bonds. The minimum Gasteiger partial charge on any atom is -0.379 e. The highest BCUT2D eigenvalue weighted by Gasteiger charge is 2.16. The summed E-state index contributed by atoms with van der Waals surface area (Å²) >= 11 is 0. The number of nitrogens with zero attached hydrogens (tertiary/aromatic N) is 5. The van der Waals surface area contributed by atoms with Crippen molar-refractivity contribution in [2.75, 3.05) is 26.3 Å². The van der Waals surface area contributed by atoms with Crippen LogP contribution < -0.4 is 5.32 Å². The quantitative estimate of drug-likeness (QED) is 0.730. The number of amides is 1. The Labute approximate surface area is 157 Å². The topological polar surface area (TPSA) is 84.7 Å². The summed E-state index contributed by atoms with van der Waals surface area (Å²) in [5.74, 6) is 0.247. The van der Waals surface area contributed by atoms with E-state index in [4.69, 9.17) is 4.74 Å². The molecular formula is C19H22N6O2. The molecule has 3 heterocycles. The fraction of sp³-hybridized carbons (Fsp3) is 0.368. The van der Waals surface area contributed by atoms with Crippen LogP contribution in [-0.4, -0.2) is 56.7 Å². The Bertz CT molecular complexity index is 948. The van der Waals surface area contributed by atoms with E-state index >= 15 is 0 Å². The second kappa shape index (κ2) is 7.81. The average molecular weight is 366 g/mol. The van der Waals surface area contributed by atoms with E-state index in [0.29, 0.717) is 12.3 Å². The lowest BCUT2D eigenvalue weighted by molar-refractivity contribution is 0.0340. The second-order valence-corrected chi connectivity index (χ2v) is 6.57. The van der Waals surface area contributed by atoms with Gasteiger partial charge in [0.05, 0.1) is 13.2 Å². The lowest BCUT2D eigenvalue weighted by Gasteiger charge is -2.27. The fourth-order valence-electron chi connectivity index (χ4n) is 3.14. The van der Waals surface area contributed by atoms with Gasteiger partial charge in [0, 0.05) is 38.1 Å². The normalized spacial score (nSPS) is 15.1. The van der Waals surface area contributed by atoms with Gasteiger partial charge in [0.25, 0.3) is 11.7 Å². The van der Waals surface area contributed by atoms with Crippen molar-refractivity contribution in [3.05, 3.63) is 59.2 Å². The molecule has 27 heavy (non-hydrogen) atoms. The first-order valence-corrected chi connectivity index (χ1v) is 9.04. The largest absolute Gasteiger partial charge is 0.379 e. The first-order valence-electron chi connectivity index (χ1n) is 9.04. The third-order valence-corrected chi connectivity index (χ3v) is 4.69. The molecular weight excluding hydrogens is 344 g/mol. The van der Waals surface area contributed by atoms with Crippen molar-refractivity contribution in [2.24, 2.45) is 0 Å². The Hall–Kier alpha value is -2.84. The smallest absolute Gasteiger partial charge is 0.291 e. The summed E-state index contributed by atoms with van der Waals surface area (Å²) in [6.07, 6.45) is 1.66. The summed E-state index contributed by atoms with van der Waals surface area (Å²) in [5.41, 5.74) is 3.18. The van der Waals surface area contributed by atoms with E-state index in [-0.39, 0.29) is 11.7 Å². The number of nitrogens with one attached hydrogen (secondary N) is 1. The summed E-state index contributed by atoms with van der Waals surface area (Å²) in [4.78, 5) is 23.2. The first-order chi connectivity index (χ1) is 13.2. The third-order valence-electron chi connectivity index (χ3n) is 4.69. The summed E-state index contributed by atoms with van der Waals surface area (Å²) in [6, 6.07) is 9.98. The number of aromatic nitrogens is 4. The lowest BCUT2D eigenvalue weighted by Crippen LogP contribution is -2.36. The Morgan fingerprint density at radius 3 is 2.74 bits per heavy atom. The van der Waals surface area contributed by atoms with Crippen LogP contribution >= 0.6 is 0 Å². The molecule has 8 nitrogen and oxygen atoms in total. The zero-order chi connectivity index (χ0) is 18.6. The summed E-state index contributed by atoms with van der Waals surface area (Å²) in [6.45, 7) is 6.58. The van der Waals surface area contributed by atoms with Crippen LogP contribution in [0.25, 0.3) is 5.78 Å². The molecule has 0 saturated carbocycles. The molecule has 1 fully saturated rings. The number of fused-ring (bicyclic) bond motifs is 1.